The molecule has 0 saturated carbocycles. The van der Waals surface area contributed by atoms with Gasteiger partial charge in [0.1, 0.15) is 10.8 Å². The molecule has 0 radical (unpaired) electrons. The van der Waals surface area contributed by atoms with Crippen molar-refractivity contribution in [1.82, 2.24) is 20.1 Å². The molecule has 1 aliphatic carbocycles. The first-order valence-electron chi connectivity index (χ1n) is 13.6. The van der Waals surface area contributed by atoms with Crippen molar-refractivity contribution < 1.29 is 14.3 Å². The van der Waals surface area contributed by atoms with Gasteiger partial charge in [-0.05, 0) is 62.8 Å². The van der Waals surface area contributed by atoms with E-state index in [1.54, 1.807) is 0 Å². The average molecular weight is 576 g/mol. The van der Waals surface area contributed by atoms with Crippen LogP contribution < -0.4 is 15.4 Å². The van der Waals surface area contributed by atoms with Crippen LogP contribution in [-0.4, -0.2) is 38.9 Å². The second-order valence-electron chi connectivity index (χ2n) is 9.40. The molecule has 2 N–H and O–H groups in total. The van der Waals surface area contributed by atoms with Gasteiger partial charge in [0, 0.05) is 18.0 Å². The smallest absolute Gasteiger partial charge is 0.254 e. The van der Waals surface area contributed by atoms with Gasteiger partial charge in [-0.3, -0.25) is 9.59 Å². The molecule has 0 unspecified atom stereocenters. The van der Waals surface area contributed by atoms with Crippen LogP contribution in [0.1, 0.15) is 53.1 Å². The van der Waals surface area contributed by atoms with Crippen LogP contribution in [-0.2, 0) is 30.7 Å². The second kappa shape index (κ2) is 13.1. The maximum Gasteiger partial charge on any atom is 0.254 e. The summed E-state index contributed by atoms with van der Waals surface area (Å²) in [5.41, 5.74) is 3.59. The summed E-state index contributed by atoms with van der Waals surface area (Å²) in [6, 6.07) is 17.6. The van der Waals surface area contributed by atoms with E-state index in [4.69, 9.17) is 4.74 Å². The van der Waals surface area contributed by atoms with E-state index in [0.717, 1.165) is 48.1 Å². The number of thioether (sulfide) groups is 1. The predicted molar refractivity (Wildman–Crippen MR) is 160 cm³/mol. The van der Waals surface area contributed by atoms with Crippen molar-refractivity contribution in [2.75, 3.05) is 17.7 Å². The molecule has 0 saturated heterocycles. The van der Waals surface area contributed by atoms with Crippen molar-refractivity contribution in [2.45, 2.75) is 57.8 Å². The second-order valence-corrected chi connectivity index (χ2v) is 11.4. The molecule has 2 heterocycles. The molecule has 0 bridgehead atoms. The largest absolute Gasteiger partial charge is 0.493 e. The van der Waals surface area contributed by atoms with Crippen molar-refractivity contribution in [3.05, 3.63) is 76.2 Å². The summed E-state index contributed by atoms with van der Waals surface area (Å²) in [5, 5.41) is 16.2. The summed E-state index contributed by atoms with van der Waals surface area (Å²) in [4.78, 5) is 27.7. The van der Waals surface area contributed by atoms with Crippen LogP contribution in [0.15, 0.2) is 59.8 Å². The molecule has 40 heavy (non-hydrogen) atoms. The summed E-state index contributed by atoms with van der Waals surface area (Å²) < 4.78 is 7.78. The predicted octanol–water partition coefficient (Wildman–Crippen LogP) is 5.96. The van der Waals surface area contributed by atoms with E-state index in [0.29, 0.717) is 41.2 Å². The molecule has 2 aromatic carbocycles. The van der Waals surface area contributed by atoms with E-state index in [-0.39, 0.29) is 17.6 Å². The monoisotopic (exact) mass is 575 g/mol. The lowest BCUT2D eigenvalue weighted by Crippen LogP contribution is -2.25. The summed E-state index contributed by atoms with van der Waals surface area (Å²) >= 11 is 2.86. The minimum Gasteiger partial charge on any atom is -0.493 e. The quantitative estimate of drug-likeness (QED) is 0.214. The molecular weight excluding hydrogens is 542 g/mol. The van der Waals surface area contributed by atoms with Gasteiger partial charge in [0.25, 0.3) is 5.91 Å². The van der Waals surface area contributed by atoms with Crippen LogP contribution in [0.25, 0.3) is 11.4 Å². The average Bonchev–Trinajstić information content (AvgIpc) is 3.56. The van der Waals surface area contributed by atoms with Gasteiger partial charge in [-0.25, -0.2) is 0 Å². The first kappa shape index (κ1) is 27.9. The van der Waals surface area contributed by atoms with E-state index < -0.39 is 0 Å². The van der Waals surface area contributed by atoms with Crippen LogP contribution >= 0.6 is 23.1 Å². The number of amides is 2. The number of nitrogens with zero attached hydrogens (tertiary/aromatic N) is 3. The zero-order valence-corrected chi connectivity index (χ0v) is 24.4. The first-order valence-corrected chi connectivity index (χ1v) is 15.4. The molecule has 0 fully saturated rings. The number of hydrogen-bond acceptors (Lipinski definition) is 7. The Morgan fingerprint density at radius 1 is 1.02 bits per heavy atom. The number of carbonyl (C=O) groups excluding carboxylic acids is 2. The molecular formula is C30H33N5O3S2. The van der Waals surface area contributed by atoms with Gasteiger partial charge in [-0.15, -0.1) is 21.5 Å². The Bertz CT molecular complexity index is 1480. The third-order valence-electron chi connectivity index (χ3n) is 6.74. The van der Waals surface area contributed by atoms with Crippen LogP contribution in [0, 0.1) is 0 Å². The number of benzene rings is 2. The lowest BCUT2D eigenvalue weighted by atomic mass is 9.95. The fourth-order valence-electron chi connectivity index (χ4n) is 4.87. The third-order valence-corrected chi connectivity index (χ3v) is 8.91. The van der Waals surface area contributed by atoms with Crippen molar-refractivity contribution in [1.29, 1.82) is 0 Å². The SMILES string of the molecule is CCOc1ccccc1-c1nnc(SCC(=O)Nc2sc3c(c2C(=O)NCc2ccccc2)CCCC3)n1CC. The highest BCUT2D eigenvalue weighted by molar-refractivity contribution is 7.99. The number of hydrogen-bond donors (Lipinski definition) is 2. The fourth-order valence-corrected chi connectivity index (χ4v) is 6.97. The van der Waals surface area contributed by atoms with Gasteiger partial charge in [0.15, 0.2) is 11.0 Å². The number of nitrogens with one attached hydrogen (secondary N) is 2. The summed E-state index contributed by atoms with van der Waals surface area (Å²) in [5.74, 6) is 1.29. The number of rotatable bonds is 11. The highest BCUT2D eigenvalue weighted by atomic mass is 32.2. The van der Waals surface area contributed by atoms with Gasteiger partial charge in [0.05, 0.1) is 23.5 Å². The molecule has 2 aromatic heterocycles. The molecule has 10 heteroatoms. The number of anilines is 1. The number of thiophene rings is 1. The van der Waals surface area contributed by atoms with Crippen molar-refractivity contribution in [3.8, 4) is 17.1 Å². The Morgan fingerprint density at radius 2 is 1.80 bits per heavy atom. The summed E-state index contributed by atoms with van der Waals surface area (Å²) in [7, 11) is 0. The standard InChI is InChI=1S/C30H33N5O3S2/c1-3-35-27(21-14-8-10-16-23(21)38-4-2)33-34-30(35)39-19-25(36)32-29-26(22-15-9-11-17-24(22)40-29)28(37)31-18-20-12-6-5-7-13-20/h5-8,10,12-14,16H,3-4,9,11,15,17-19H2,1-2H3,(H,31,37)(H,32,36). The number of aromatic nitrogens is 3. The van der Waals surface area contributed by atoms with Crippen molar-refractivity contribution in [3.63, 3.8) is 0 Å². The molecule has 4 aromatic rings. The molecule has 8 nitrogen and oxygen atoms in total. The molecule has 208 valence electrons. The van der Waals surface area contributed by atoms with E-state index in [1.807, 2.05) is 73.0 Å². The molecule has 2 amide bonds. The number of carbonyl (C=O) groups is 2. The maximum atomic E-state index is 13.3. The van der Waals surface area contributed by atoms with E-state index in [9.17, 15) is 9.59 Å². The topological polar surface area (TPSA) is 98.1 Å². The van der Waals surface area contributed by atoms with Crippen molar-refractivity contribution in [2.24, 2.45) is 0 Å². The van der Waals surface area contributed by atoms with E-state index in [2.05, 4.69) is 20.8 Å². The minimum atomic E-state index is -0.178. The molecule has 1 aliphatic rings. The lowest BCUT2D eigenvalue weighted by Gasteiger charge is -2.13. The fraction of sp³-hybridized carbons (Fsp3) is 0.333. The van der Waals surface area contributed by atoms with Gasteiger partial charge in [-0.1, -0.05) is 54.2 Å². The normalized spacial score (nSPS) is 12.6. The Morgan fingerprint density at radius 3 is 2.60 bits per heavy atom. The van der Waals surface area contributed by atoms with E-state index >= 15 is 0 Å². The van der Waals surface area contributed by atoms with Crippen molar-refractivity contribution >= 4 is 39.9 Å². The highest BCUT2D eigenvalue weighted by Gasteiger charge is 2.26. The Kier molecular flexibility index (Phi) is 9.18. The van der Waals surface area contributed by atoms with Gasteiger partial charge < -0.3 is 19.9 Å². The number of para-hydroxylation sites is 1. The highest BCUT2D eigenvalue weighted by Crippen LogP contribution is 2.38. The number of aryl methyl sites for hydroxylation is 1. The molecule has 0 aliphatic heterocycles. The molecule has 0 spiro atoms. The zero-order valence-electron chi connectivity index (χ0n) is 22.7. The Hall–Kier alpha value is -3.63. The van der Waals surface area contributed by atoms with Crippen LogP contribution in [0.4, 0.5) is 5.00 Å². The van der Waals surface area contributed by atoms with Crippen LogP contribution in [0.2, 0.25) is 0 Å². The minimum absolute atomic E-state index is 0.144. The van der Waals surface area contributed by atoms with Gasteiger partial charge in [0.2, 0.25) is 5.91 Å². The van der Waals surface area contributed by atoms with Gasteiger partial charge in [-0.2, -0.15) is 0 Å². The summed E-state index contributed by atoms with van der Waals surface area (Å²) in [6.07, 6.45) is 3.95. The molecule has 0 atom stereocenters. The summed E-state index contributed by atoms with van der Waals surface area (Å²) in [6.45, 7) is 5.61. The Labute approximate surface area is 242 Å². The molecule has 5 rings (SSSR count). The van der Waals surface area contributed by atoms with Crippen LogP contribution in [0.3, 0.4) is 0 Å². The Balaban J connectivity index is 1.29. The number of ether oxygens (including phenoxy) is 1. The van der Waals surface area contributed by atoms with Crippen LogP contribution in [0.5, 0.6) is 5.75 Å². The maximum absolute atomic E-state index is 13.3. The lowest BCUT2D eigenvalue weighted by molar-refractivity contribution is -0.113. The first-order chi connectivity index (χ1) is 19.6. The number of fused-ring (bicyclic) bond motifs is 1. The zero-order chi connectivity index (χ0) is 27.9. The van der Waals surface area contributed by atoms with E-state index in [1.165, 1.54) is 28.0 Å². The third kappa shape index (κ3) is 6.23. The van der Waals surface area contributed by atoms with Gasteiger partial charge >= 0.3 is 0 Å².